The molecular weight excluding hydrogens is 210 g/mol. The summed E-state index contributed by atoms with van der Waals surface area (Å²) in [6.07, 6.45) is 1.88. The Bertz CT molecular complexity index is 311. The number of anilines is 1. The zero-order valence-electron chi connectivity index (χ0n) is 8.94. The summed E-state index contributed by atoms with van der Waals surface area (Å²) in [6, 6.07) is 7.20. The van der Waals surface area contributed by atoms with E-state index >= 15 is 0 Å². The molecule has 0 bridgehead atoms. The van der Waals surface area contributed by atoms with Crippen molar-refractivity contribution < 1.29 is 8.95 Å². The van der Waals surface area contributed by atoms with Crippen LogP contribution < -0.4 is 5.73 Å². The van der Waals surface area contributed by atoms with Crippen LogP contribution in [0.25, 0.3) is 0 Å². The Kier molecular flexibility index (Phi) is 5.36. The van der Waals surface area contributed by atoms with Crippen molar-refractivity contribution >= 4 is 16.5 Å². The molecule has 2 N–H and O–H groups in total. The highest BCUT2D eigenvalue weighted by atomic mass is 32.2. The maximum absolute atomic E-state index is 11.7. The third-order valence-corrected chi connectivity index (χ3v) is 3.53. The van der Waals surface area contributed by atoms with Gasteiger partial charge in [0.25, 0.3) is 0 Å². The molecule has 0 saturated heterocycles. The van der Waals surface area contributed by atoms with Crippen LogP contribution in [0, 0.1) is 0 Å². The first kappa shape index (κ1) is 12.2. The molecule has 1 aromatic rings. The molecule has 0 radical (unpaired) electrons. The molecular formula is C11H17NO2S. The minimum absolute atomic E-state index is 0.688. The van der Waals surface area contributed by atoms with Crippen molar-refractivity contribution in [2.45, 2.75) is 17.7 Å². The van der Waals surface area contributed by atoms with Crippen molar-refractivity contribution in [2.24, 2.45) is 0 Å². The van der Waals surface area contributed by atoms with Crippen LogP contribution >= 0.6 is 0 Å². The van der Waals surface area contributed by atoms with Crippen LogP contribution in [-0.4, -0.2) is 23.7 Å². The zero-order valence-corrected chi connectivity index (χ0v) is 9.76. The Morgan fingerprint density at radius 3 is 2.53 bits per heavy atom. The number of methoxy groups -OCH3 is 1. The van der Waals surface area contributed by atoms with Crippen LogP contribution in [0.4, 0.5) is 5.69 Å². The second kappa shape index (κ2) is 6.58. The molecule has 0 saturated carbocycles. The molecule has 3 nitrogen and oxygen atoms in total. The normalized spacial score (nSPS) is 12.6. The van der Waals surface area contributed by atoms with Gasteiger partial charge < -0.3 is 10.5 Å². The van der Waals surface area contributed by atoms with E-state index in [-0.39, 0.29) is 0 Å². The van der Waals surface area contributed by atoms with E-state index in [9.17, 15) is 4.21 Å². The van der Waals surface area contributed by atoms with Gasteiger partial charge >= 0.3 is 0 Å². The number of nitrogens with two attached hydrogens (primary N) is 1. The average molecular weight is 227 g/mol. The molecule has 1 aromatic carbocycles. The van der Waals surface area contributed by atoms with Crippen molar-refractivity contribution in [3.63, 3.8) is 0 Å². The second-order valence-corrected chi connectivity index (χ2v) is 4.89. The van der Waals surface area contributed by atoms with Crippen LogP contribution in [0.15, 0.2) is 29.2 Å². The van der Waals surface area contributed by atoms with Crippen LogP contribution in [0.2, 0.25) is 0 Å². The van der Waals surface area contributed by atoms with Crippen molar-refractivity contribution in [1.29, 1.82) is 0 Å². The van der Waals surface area contributed by atoms with Gasteiger partial charge in [0, 0.05) is 30.1 Å². The first-order chi connectivity index (χ1) is 7.24. The van der Waals surface area contributed by atoms with Gasteiger partial charge in [-0.3, -0.25) is 4.21 Å². The summed E-state index contributed by atoms with van der Waals surface area (Å²) in [4.78, 5) is 0.849. The number of benzene rings is 1. The summed E-state index contributed by atoms with van der Waals surface area (Å²) >= 11 is 0. The Balaban J connectivity index is 2.37. The van der Waals surface area contributed by atoms with Crippen molar-refractivity contribution in [3.05, 3.63) is 24.3 Å². The molecule has 0 spiro atoms. The zero-order chi connectivity index (χ0) is 11.1. The predicted octanol–water partition coefficient (Wildman–Crippen LogP) is 1.80. The Hall–Kier alpha value is -0.870. The molecule has 4 heteroatoms. The fourth-order valence-corrected chi connectivity index (χ4v) is 2.36. The molecule has 1 rings (SSSR count). The van der Waals surface area contributed by atoms with E-state index in [1.54, 1.807) is 19.2 Å². The van der Waals surface area contributed by atoms with Crippen LogP contribution in [-0.2, 0) is 15.5 Å². The third-order valence-electron chi connectivity index (χ3n) is 2.07. The number of nitrogen functional groups attached to an aromatic ring is 1. The largest absolute Gasteiger partial charge is 0.399 e. The summed E-state index contributed by atoms with van der Waals surface area (Å²) in [5, 5.41) is 0. The topological polar surface area (TPSA) is 52.3 Å². The van der Waals surface area contributed by atoms with Crippen molar-refractivity contribution in [1.82, 2.24) is 0 Å². The third kappa shape index (κ3) is 4.44. The van der Waals surface area contributed by atoms with E-state index < -0.39 is 10.8 Å². The van der Waals surface area contributed by atoms with Crippen molar-refractivity contribution in [2.75, 3.05) is 25.2 Å². The molecule has 84 valence electrons. The Morgan fingerprint density at radius 1 is 1.27 bits per heavy atom. The van der Waals surface area contributed by atoms with Crippen LogP contribution in [0.1, 0.15) is 12.8 Å². The highest BCUT2D eigenvalue weighted by molar-refractivity contribution is 7.85. The molecule has 15 heavy (non-hydrogen) atoms. The van der Waals surface area contributed by atoms with E-state index in [0.29, 0.717) is 11.4 Å². The summed E-state index contributed by atoms with van der Waals surface area (Å²) in [5.74, 6) is 0.688. The average Bonchev–Trinajstić information content (AvgIpc) is 2.25. The number of hydrogen-bond donors (Lipinski definition) is 1. The van der Waals surface area contributed by atoms with Gasteiger partial charge in [-0.2, -0.15) is 0 Å². The lowest BCUT2D eigenvalue weighted by Gasteiger charge is -2.02. The lowest BCUT2D eigenvalue weighted by Crippen LogP contribution is -2.00. The molecule has 0 aliphatic heterocycles. The van der Waals surface area contributed by atoms with Gasteiger partial charge in [-0.25, -0.2) is 0 Å². The van der Waals surface area contributed by atoms with E-state index in [2.05, 4.69) is 0 Å². The maximum atomic E-state index is 11.7. The monoisotopic (exact) mass is 227 g/mol. The molecule has 0 aromatic heterocycles. The van der Waals surface area contributed by atoms with E-state index in [1.807, 2.05) is 12.1 Å². The minimum atomic E-state index is -0.906. The quantitative estimate of drug-likeness (QED) is 0.595. The van der Waals surface area contributed by atoms with Gasteiger partial charge in [0.2, 0.25) is 0 Å². The molecule has 0 heterocycles. The summed E-state index contributed by atoms with van der Waals surface area (Å²) in [6.45, 7) is 0.735. The number of rotatable bonds is 6. The highest BCUT2D eigenvalue weighted by Gasteiger charge is 2.02. The predicted molar refractivity (Wildman–Crippen MR) is 63.2 cm³/mol. The second-order valence-electron chi connectivity index (χ2n) is 3.32. The van der Waals surface area contributed by atoms with Gasteiger partial charge in [0.05, 0.1) is 10.8 Å². The van der Waals surface area contributed by atoms with Gasteiger partial charge in [-0.15, -0.1) is 0 Å². The minimum Gasteiger partial charge on any atom is -0.399 e. The summed E-state index contributed by atoms with van der Waals surface area (Å²) in [7, 11) is 0.771. The molecule has 1 atom stereocenters. The van der Waals surface area contributed by atoms with Crippen LogP contribution in [0.5, 0.6) is 0 Å². The SMILES string of the molecule is COCCCCS(=O)c1ccc(N)cc1. The van der Waals surface area contributed by atoms with E-state index in [0.717, 1.165) is 24.3 Å². The maximum Gasteiger partial charge on any atom is 0.0529 e. The smallest absolute Gasteiger partial charge is 0.0529 e. The Labute approximate surface area is 93.1 Å². The van der Waals surface area contributed by atoms with Gasteiger partial charge in [0.15, 0.2) is 0 Å². The fourth-order valence-electron chi connectivity index (χ4n) is 1.22. The first-order valence-corrected chi connectivity index (χ1v) is 6.29. The van der Waals surface area contributed by atoms with Gasteiger partial charge in [-0.1, -0.05) is 0 Å². The van der Waals surface area contributed by atoms with E-state index in [4.69, 9.17) is 10.5 Å². The number of unbranched alkanes of at least 4 members (excludes halogenated alkanes) is 1. The Morgan fingerprint density at radius 2 is 1.93 bits per heavy atom. The lowest BCUT2D eigenvalue weighted by atomic mass is 10.3. The molecule has 1 unspecified atom stereocenters. The van der Waals surface area contributed by atoms with Gasteiger partial charge in [-0.05, 0) is 37.1 Å². The summed E-state index contributed by atoms with van der Waals surface area (Å²) in [5.41, 5.74) is 6.25. The molecule has 0 aliphatic rings. The first-order valence-electron chi connectivity index (χ1n) is 4.97. The standard InChI is InChI=1S/C11H17NO2S/c1-14-8-2-3-9-15(13)11-6-4-10(12)5-7-11/h4-7H,2-3,8-9,12H2,1H3. The molecule has 0 amide bonds. The lowest BCUT2D eigenvalue weighted by molar-refractivity contribution is 0.194. The van der Waals surface area contributed by atoms with Crippen molar-refractivity contribution in [3.8, 4) is 0 Å². The van der Waals surface area contributed by atoms with Crippen LogP contribution in [0.3, 0.4) is 0 Å². The fraction of sp³-hybridized carbons (Fsp3) is 0.455. The molecule has 0 aliphatic carbocycles. The molecule has 0 fully saturated rings. The summed E-state index contributed by atoms with van der Waals surface area (Å²) < 4.78 is 16.7. The van der Waals surface area contributed by atoms with Gasteiger partial charge in [0.1, 0.15) is 0 Å². The number of ether oxygens (including phenoxy) is 1. The van der Waals surface area contributed by atoms with E-state index in [1.165, 1.54) is 0 Å². The number of hydrogen-bond acceptors (Lipinski definition) is 3. The highest BCUT2D eigenvalue weighted by Crippen LogP contribution is 2.11.